The second-order valence-electron chi connectivity index (χ2n) is 14.3. The maximum Gasteiger partial charge on any atom is 0.333 e. The molecule has 0 bridgehead atoms. The fourth-order valence-corrected chi connectivity index (χ4v) is 11.0. The van der Waals surface area contributed by atoms with Crippen molar-refractivity contribution in [1.29, 1.82) is 0 Å². The minimum absolute atomic E-state index is 0.0437. The molecular weight excluding hydrogens is 504 g/mol. The lowest BCUT2D eigenvalue weighted by molar-refractivity contribution is -0.288. The van der Waals surface area contributed by atoms with Crippen molar-refractivity contribution in [1.82, 2.24) is 0 Å². The van der Waals surface area contributed by atoms with Crippen LogP contribution in [0.15, 0.2) is 11.6 Å². The van der Waals surface area contributed by atoms with E-state index < -0.39 is 57.8 Å². The molecule has 9 nitrogen and oxygen atoms in total. The minimum atomic E-state index is -1.25. The van der Waals surface area contributed by atoms with Gasteiger partial charge in [0.15, 0.2) is 0 Å². The average Bonchev–Trinajstić information content (AvgIpc) is 3.37. The lowest BCUT2D eigenvalue weighted by atomic mass is 9.35. The van der Waals surface area contributed by atoms with Crippen molar-refractivity contribution in [3.63, 3.8) is 0 Å². The van der Waals surface area contributed by atoms with E-state index in [2.05, 4.69) is 34.6 Å². The number of ether oxygens (including phenoxy) is 4. The number of hydrogen-bond acceptors (Lipinski definition) is 9. The number of epoxide rings is 1. The Hall–Kier alpha value is -1.97. The van der Waals surface area contributed by atoms with Crippen molar-refractivity contribution in [2.24, 2.45) is 39.4 Å². The van der Waals surface area contributed by atoms with Crippen LogP contribution in [0.5, 0.6) is 0 Å². The van der Waals surface area contributed by atoms with Gasteiger partial charge < -0.3 is 29.2 Å². The van der Waals surface area contributed by atoms with Gasteiger partial charge >= 0.3 is 17.9 Å². The highest BCUT2D eigenvalue weighted by molar-refractivity contribution is 5.85. The predicted octanol–water partition coefficient (Wildman–Crippen LogP) is 3.05. The molecule has 12 atom stereocenters. The Balaban J connectivity index is 1.44. The van der Waals surface area contributed by atoms with Crippen molar-refractivity contribution in [3.8, 4) is 0 Å². The van der Waals surface area contributed by atoms with Crippen molar-refractivity contribution < 1.29 is 43.5 Å². The van der Waals surface area contributed by atoms with Crippen LogP contribution >= 0.6 is 0 Å². The number of cyclic esters (lactones) is 1. The molecule has 4 aliphatic carbocycles. The summed E-state index contributed by atoms with van der Waals surface area (Å²) in [5.41, 5.74) is -2.09. The standard InChI is InChI=1S/C30H42O9/c1-14(31)36-21-13-22(37-15(2)32)28(6)18-8-9-27(5)17(16-10-24(34)38-25(16)35)11-23-30(27,39-23)29(18,7)20(33)12-19(28)26(21,3)4/h10,17-23,25,33,35H,8-9,11-13H2,1-7H3/t17-,18?,19?,20+,21+,22-,23+,25?,27-,28+,29-,30+/m0/s1. The van der Waals surface area contributed by atoms with Crippen LogP contribution in [0.4, 0.5) is 0 Å². The van der Waals surface area contributed by atoms with Crippen LogP contribution in [0, 0.1) is 39.4 Å². The van der Waals surface area contributed by atoms with Gasteiger partial charge in [0.05, 0.1) is 12.2 Å². The van der Waals surface area contributed by atoms with Gasteiger partial charge in [-0.2, -0.15) is 0 Å². The molecule has 2 N–H and O–H groups in total. The summed E-state index contributed by atoms with van der Waals surface area (Å²) in [4.78, 5) is 36.5. The van der Waals surface area contributed by atoms with Gasteiger partial charge in [-0.15, -0.1) is 0 Å². The lowest BCUT2D eigenvalue weighted by Gasteiger charge is -2.70. The van der Waals surface area contributed by atoms with E-state index >= 15 is 0 Å². The van der Waals surface area contributed by atoms with E-state index in [0.717, 1.165) is 12.8 Å². The Morgan fingerprint density at radius 2 is 1.59 bits per heavy atom. The third-order valence-electron chi connectivity index (χ3n) is 12.6. The number of esters is 3. The number of rotatable bonds is 3. The molecular formula is C30H42O9. The molecule has 2 heterocycles. The van der Waals surface area contributed by atoms with E-state index in [1.54, 1.807) is 0 Å². The Morgan fingerprint density at radius 3 is 2.18 bits per heavy atom. The average molecular weight is 547 g/mol. The Morgan fingerprint density at radius 1 is 0.949 bits per heavy atom. The lowest BCUT2D eigenvalue weighted by Crippen LogP contribution is -2.73. The second kappa shape index (κ2) is 8.07. The molecule has 39 heavy (non-hydrogen) atoms. The third-order valence-corrected chi connectivity index (χ3v) is 12.6. The van der Waals surface area contributed by atoms with Crippen LogP contribution < -0.4 is 0 Å². The highest BCUT2D eigenvalue weighted by Crippen LogP contribution is 2.82. The van der Waals surface area contributed by atoms with Gasteiger partial charge in [0.2, 0.25) is 6.29 Å². The molecule has 0 radical (unpaired) electrons. The zero-order valence-electron chi connectivity index (χ0n) is 24.0. The van der Waals surface area contributed by atoms with Gasteiger partial charge in [-0.25, -0.2) is 4.79 Å². The molecule has 4 saturated carbocycles. The van der Waals surface area contributed by atoms with Crippen LogP contribution in [0.3, 0.4) is 0 Å². The molecule has 3 unspecified atom stereocenters. The largest absolute Gasteiger partial charge is 0.462 e. The molecule has 0 aromatic carbocycles. The highest BCUT2D eigenvalue weighted by Gasteiger charge is 2.87. The summed E-state index contributed by atoms with van der Waals surface area (Å²) >= 11 is 0. The van der Waals surface area contributed by atoms with E-state index in [0.29, 0.717) is 24.8 Å². The molecule has 216 valence electrons. The Kier molecular flexibility index (Phi) is 5.63. The summed E-state index contributed by atoms with van der Waals surface area (Å²) < 4.78 is 23.6. The zero-order valence-corrected chi connectivity index (χ0v) is 24.0. The smallest absolute Gasteiger partial charge is 0.333 e. The highest BCUT2D eigenvalue weighted by atomic mass is 16.6. The van der Waals surface area contributed by atoms with E-state index in [4.69, 9.17) is 18.9 Å². The number of aliphatic hydroxyl groups is 2. The SMILES string of the molecule is CC(=O)O[C@H]1C[C@@H](OC(C)=O)C(C)(C)C2C[C@@H](O)[C@]3(C)C(CC[C@@]4(C)[C@H](C5=CC(=O)OC5O)C[C@H]5O[C@]543)[C@]21C. The fourth-order valence-electron chi connectivity index (χ4n) is 11.0. The van der Waals surface area contributed by atoms with E-state index in [1.807, 2.05) is 0 Å². The molecule has 9 heteroatoms. The summed E-state index contributed by atoms with van der Waals surface area (Å²) in [6.07, 6.45) is 1.45. The first-order valence-electron chi connectivity index (χ1n) is 14.4. The van der Waals surface area contributed by atoms with E-state index in [-0.39, 0.29) is 35.8 Å². The zero-order chi connectivity index (χ0) is 28.5. The third kappa shape index (κ3) is 3.15. The van der Waals surface area contributed by atoms with Crippen LogP contribution in [0.2, 0.25) is 0 Å². The first kappa shape index (κ1) is 27.2. The quantitative estimate of drug-likeness (QED) is 0.311. The summed E-state index contributed by atoms with van der Waals surface area (Å²) in [7, 11) is 0. The molecule has 6 rings (SSSR count). The number of carbonyl (C=O) groups is 3. The number of aliphatic hydroxyl groups excluding tert-OH is 2. The summed E-state index contributed by atoms with van der Waals surface area (Å²) in [5, 5.41) is 22.7. The summed E-state index contributed by atoms with van der Waals surface area (Å²) in [5.74, 6) is -1.50. The molecule has 1 spiro atoms. The van der Waals surface area contributed by atoms with Gasteiger partial charge in [0, 0.05) is 53.6 Å². The van der Waals surface area contributed by atoms with Crippen molar-refractivity contribution in [2.75, 3.05) is 0 Å². The van der Waals surface area contributed by atoms with Gasteiger partial charge in [-0.3, -0.25) is 9.59 Å². The minimum Gasteiger partial charge on any atom is -0.462 e. The Labute approximate surface area is 229 Å². The van der Waals surface area contributed by atoms with E-state index in [1.165, 1.54) is 19.9 Å². The molecule has 0 amide bonds. The van der Waals surface area contributed by atoms with Crippen LogP contribution in [-0.4, -0.2) is 64.4 Å². The number of hydrogen-bond donors (Lipinski definition) is 2. The number of carbonyl (C=O) groups excluding carboxylic acids is 3. The van der Waals surface area contributed by atoms with Crippen molar-refractivity contribution in [2.45, 2.75) is 117 Å². The first-order valence-corrected chi connectivity index (χ1v) is 14.4. The Bertz CT molecular complexity index is 1160. The van der Waals surface area contributed by atoms with Crippen LogP contribution in [0.1, 0.15) is 80.6 Å². The van der Waals surface area contributed by atoms with Crippen molar-refractivity contribution in [3.05, 3.63) is 11.6 Å². The maximum absolute atomic E-state index is 12.4. The van der Waals surface area contributed by atoms with Gasteiger partial charge in [0.1, 0.15) is 17.8 Å². The van der Waals surface area contributed by atoms with E-state index in [9.17, 15) is 24.6 Å². The normalized spacial score (nSPS) is 52.8. The molecule has 1 saturated heterocycles. The summed E-state index contributed by atoms with van der Waals surface area (Å²) in [6, 6.07) is 0. The molecule has 5 fully saturated rings. The fraction of sp³-hybridized carbons (Fsp3) is 0.833. The predicted molar refractivity (Wildman–Crippen MR) is 137 cm³/mol. The molecule has 2 aliphatic heterocycles. The monoisotopic (exact) mass is 546 g/mol. The van der Waals surface area contributed by atoms with Crippen molar-refractivity contribution >= 4 is 17.9 Å². The van der Waals surface area contributed by atoms with Crippen LogP contribution in [0.25, 0.3) is 0 Å². The van der Waals surface area contributed by atoms with Gasteiger partial charge in [-0.1, -0.05) is 34.6 Å². The maximum atomic E-state index is 12.4. The van der Waals surface area contributed by atoms with Gasteiger partial charge in [-0.05, 0) is 43.4 Å². The van der Waals surface area contributed by atoms with Gasteiger partial charge in [0.25, 0.3) is 0 Å². The number of fused-ring (bicyclic) bond motifs is 3. The van der Waals surface area contributed by atoms with Crippen LogP contribution in [-0.2, 0) is 33.3 Å². The second-order valence-corrected chi connectivity index (χ2v) is 14.3. The molecule has 0 aromatic rings. The molecule has 6 aliphatic rings. The topological polar surface area (TPSA) is 132 Å². The first-order chi connectivity index (χ1) is 18.0. The molecule has 0 aromatic heterocycles. The summed E-state index contributed by atoms with van der Waals surface area (Å²) in [6.45, 7) is 13.5.